The number of benzene rings is 2. The normalized spacial score (nSPS) is 16.2. The molecule has 0 spiro atoms. The molecule has 8 heterocycles. The third-order valence-electron chi connectivity index (χ3n) is 12.1. The maximum Gasteiger partial charge on any atom is 0.332 e. The smallest absolute Gasteiger partial charge is 0.332 e. The van der Waals surface area contributed by atoms with Crippen molar-refractivity contribution < 1.29 is 38.3 Å². The van der Waals surface area contributed by atoms with Crippen LogP contribution in [0.1, 0.15) is 64.2 Å². The number of carbonyl (C=O) groups is 2. The monoisotopic (exact) mass is 1020 g/mol. The molecule has 2 saturated heterocycles. The minimum absolute atomic E-state index is 0.00903. The van der Waals surface area contributed by atoms with Crippen molar-refractivity contribution in [3.8, 4) is 0 Å². The third-order valence-corrected chi connectivity index (χ3v) is 14.5. The van der Waals surface area contributed by atoms with Crippen LogP contribution >= 0.6 is 22.7 Å². The fraction of sp³-hybridized carbons (Fsp3) is 0.378. The van der Waals surface area contributed by atoms with Crippen molar-refractivity contribution in [2.45, 2.75) is 65.6 Å². The fourth-order valence-corrected chi connectivity index (χ4v) is 11.4. The van der Waals surface area contributed by atoms with E-state index in [0.29, 0.717) is 20.7 Å². The summed E-state index contributed by atoms with van der Waals surface area (Å²) in [5.41, 5.74) is -2.03. The van der Waals surface area contributed by atoms with Crippen LogP contribution in [0.2, 0.25) is 0 Å². The number of halogens is 2. The number of H-pyrrole nitrogens is 2. The van der Waals surface area contributed by atoms with Gasteiger partial charge in [-0.1, -0.05) is 26.0 Å². The topological polar surface area (TPSA) is 263 Å². The molecule has 6 aromatic heterocycles. The van der Waals surface area contributed by atoms with E-state index in [1.54, 1.807) is 24.3 Å². The van der Waals surface area contributed by atoms with Gasteiger partial charge in [-0.2, -0.15) is 0 Å². The first-order valence-corrected chi connectivity index (χ1v) is 23.8. The molecular weight excluding hydrogens is 975 g/mol. The first kappa shape index (κ1) is 48.9. The van der Waals surface area contributed by atoms with Crippen molar-refractivity contribution in [2.75, 3.05) is 26.3 Å². The van der Waals surface area contributed by atoms with Crippen LogP contribution in [0.3, 0.4) is 0 Å². The molecule has 2 aromatic carbocycles. The Kier molecular flexibility index (Phi) is 12.8. The molecular formula is C45H46F2N10O12S2. The molecule has 2 aliphatic heterocycles. The van der Waals surface area contributed by atoms with Gasteiger partial charge in [0.2, 0.25) is 0 Å². The molecule has 71 heavy (non-hydrogen) atoms. The second-order valence-electron chi connectivity index (χ2n) is 17.9. The van der Waals surface area contributed by atoms with Crippen molar-refractivity contribution >= 4 is 77.0 Å². The van der Waals surface area contributed by atoms with Gasteiger partial charge in [-0.3, -0.25) is 56.3 Å². The lowest BCUT2D eigenvalue weighted by Crippen LogP contribution is -2.39. The largest absolute Gasteiger partial charge is 0.389 e. The number of nitrogens with one attached hydrogen (secondary N) is 2. The molecule has 0 saturated carbocycles. The predicted octanol–water partition coefficient (Wildman–Crippen LogP) is 1.92. The maximum absolute atomic E-state index is 14.0. The number of fused-ring (bicyclic) bond motifs is 4. The number of rotatable bonds is 9. The SMILES string of the molecule is CC(C)Cn1c(=O)n(C)c(=O)c2c(C(=O)N3C[C@H](O)CO3)c(Cn3c(=O)[nH]c4cc(F)c(F)cc43)sc21.CC(C)n1c(=O)n(C)c(=O)c2c(C(=O)N3C[C@H](O)CO3)c(Cn3c(=O)[nH]c4ccccc43)sc21. The van der Waals surface area contributed by atoms with E-state index in [1.807, 2.05) is 27.7 Å². The van der Waals surface area contributed by atoms with Crippen molar-refractivity contribution in [3.05, 3.63) is 132 Å². The molecule has 22 nitrogen and oxygen atoms in total. The number of amides is 2. The molecule has 0 aliphatic carbocycles. The number of aromatic amines is 2. The summed E-state index contributed by atoms with van der Waals surface area (Å²) in [6.45, 7) is 7.05. The van der Waals surface area contributed by atoms with Gasteiger partial charge in [0, 0.05) is 48.6 Å². The Labute approximate surface area is 404 Å². The molecule has 2 atom stereocenters. The summed E-state index contributed by atoms with van der Waals surface area (Å²) in [5.74, 6) is -3.60. The highest BCUT2D eigenvalue weighted by molar-refractivity contribution is 7.19. The zero-order chi connectivity index (χ0) is 51.1. The highest BCUT2D eigenvalue weighted by atomic mass is 32.1. The standard InChI is InChI=1S/C23H23F2N5O6S.C22H23N5O6S/c1-10(2)6-29-21-18(19(32)27(3)23(29)35)17(20(33)30-7-11(31)9-36-30)16(37-21)8-28-15-5-13(25)12(24)4-14(15)26-22(28)34;1-11(2)27-20-17(18(29)24(3)22(27)32)16(19(30)26-8-12(28)10-33-26)15(34-20)9-25-14-7-5-4-6-13(14)23-21(25)31/h4-5,10-11,31H,6-9H2,1-3H3,(H,26,34);4-7,11-12,28H,8-10H2,1-3H3,(H,23,31)/t11-;12-/m00/s1. The van der Waals surface area contributed by atoms with E-state index in [2.05, 4.69) is 9.97 Å². The van der Waals surface area contributed by atoms with Crippen LogP contribution in [0.5, 0.6) is 0 Å². The van der Waals surface area contributed by atoms with E-state index in [4.69, 9.17) is 9.68 Å². The van der Waals surface area contributed by atoms with Gasteiger partial charge in [0.15, 0.2) is 11.6 Å². The minimum atomic E-state index is -1.16. The zero-order valence-electron chi connectivity index (χ0n) is 38.9. The second kappa shape index (κ2) is 18.6. The summed E-state index contributed by atoms with van der Waals surface area (Å²) in [4.78, 5) is 122. The zero-order valence-corrected chi connectivity index (χ0v) is 40.5. The first-order chi connectivity index (χ1) is 33.7. The average Bonchev–Trinajstić information content (AvgIpc) is 4.19. The molecule has 8 aromatic rings. The van der Waals surface area contributed by atoms with E-state index < -0.39 is 63.8 Å². The van der Waals surface area contributed by atoms with Crippen LogP contribution in [-0.4, -0.2) is 108 Å². The number of hydrogen-bond acceptors (Lipinski definition) is 14. The van der Waals surface area contributed by atoms with Gasteiger partial charge >= 0.3 is 22.8 Å². The number of β-amino-alcohol motifs (C(OH)–C–C–N with tert-alkyl or cyclic N) is 2. The number of hydroxylamine groups is 4. The number of nitrogens with zero attached hydrogens (tertiary/aromatic N) is 8. The van der Waals surface area contributed by atoms with Crippen molar-refractivity contribution in [1.82, 2.24) is 47.5 Å². The van der Waals surface area contributed by atoms with Crippen LogP contribution in [0, 0.1) is 17.6 Å². The number of thiophene rings is 2. The summed E-state index contributed by atoms with van der Waals surface area (Å²) in [5, 5.41) is 21.8. The van der Waals surface area contributed by atoms with Crippen LogP contribution in [0.4, 0.5) is 8.78 Å². The Balaban J connectivity index is 0.000000176. The van der Waals surface area contributed by atoms with Crippen LogP contribution < -0.4 is 33.9 Å². The fourth-order valence-electron chi connectivity index (χ4n) is 8.71. The molecule has 374 valence electrons. The molecule has 4 N–H and O–H groups in total. The summed E-state index contributed by atoms with van der Waals surface area (Å²) in [7, 11) is 2.68. The number of aliphatic hydroxyl groups is 2. The van der Waals surface area contributed by atoms with Gasteiger partial charge in [0.1, 0.15) is 35.1 Å². The van der Waals surface area contributed by atoms with Gasteiger partial charge in [0.05, 0.1) is 70.1 Å². The number of aromatic nitrogens is 8. The lowest BCUT2D eigenvalue weighted by Gasteiger charge is -2.15. The molecule has 2 fully saturated rings. The Bertz CT molecular complexity index is 3870. The highest BCUT2D eigenvalue weighted by Gasteiger charge is 2.36. The molecule has 2 aliphatic rings. The molecule has 0 bridgehead atoms. The minimum Gasteiger partial charge on any atom is -0.389 e. The predicted molar refractivity (Wildman–Crippen MR) is 257 cm³/mol. The highest BCUT2D eigenvalue weighted by Crippen LogP contribution is 2.34. The van der Waals surface area contributed by atoms with Crippen LogP contribution in [-0.2, 0) is 43.4 Å². The summed E-state index contributed by atoms with van der Waals surface area (Å²) >= 11 is 2.11. The van der Waals surface area contributed by atoms with E-state index in [9.17, 15) is 57.4 Å². The van der Waals surface area contributed by atoms with Crippen molar-refractivity contribution in [1.29, 1.82) is 0 Å². The number of hydrogen-bond donors (Lipinski definition) is 4. The van der Waals surface area contributed by atoms with Gasteiger partial charge in [-0.25, -0.2) is 38.1 Å². The number of imidazole rings is 2. The van der Waals surface area contributed by atoms with Gasteiger partial charge in [-0.05, 0) is 31.9 Å². The van der Waals surface area contributed by atoms with Crippen molar-refractivity contribution in [3.63, 3.8) is 0 Å². The van der Waals surface area contributed by atoms with Crippen LogP contribution in [0.25, 0.3) is 42.5 Å². The number of para-hydroxylation sites is 2. The maximum atomic E-state index is 14.0. The first-order valence-electron chi connectivity index (χ1n) is 22.2. The molecule has 0 radical (unpaired) electrons. The van der Waals surface area contributed by atoms with E-state index in [-0.39, 0.29) is 106 Å². The van der Waals surface area contributed by atoms with Crippen molar-refractivity contribution in [2.24, 2.45) is 20.0 Å². The van der Waals surface area contributed by atoms with Gasteiger partial charge < -0.3 is 20.2 Å². The lowest BCUT2D eigenvalue weighted by atomic mass is 10.1. The summed E-state index contributed by atoms with van der Waals surface area (Å²) < 4.78 is 35.1. The Hall–Kier alpha value is -7.10. The Morgan fingerprint density at radius 1 is 0.690 bits per heavy atom. The quantitative estimate of drug-likeness (QED) is 0.162. The molecule has 10 rings (SSSR count). The second-order valence-corrected chi connectivity index (χ2v) is 20.1. The summed E-state index contributed by atoms with van der Waals surface area (Å²) in [6.07, 6.45) is -1.77. The number of carbonyl (C=O) groups excluding carboxylic acids is 2. The summed E-state index contributed by atoms with van der Waals surface area (Å²) in [6, 6.07) is 8.60. The Morgan fingerprint density at radius 2 is 1.18 bits per heavy atom. The van der Waals surface area contributed by atoms with E-state index in [0.717, 1.165) is 58.6 Å². The molecule has 2 amide bonds. The molecule has 0 unspecified atom stereocenters. The third kappa shape index (κ3) is 8.48. The van der Waals surface area contributed by atoms with Gasteiger partial charge in [0.25, 0.3) is 22.9 Å². The van der Waals surface area contributed by atoms with Crippen LogP contribution in [0.15, 0.2) is 65.2 Å². The van der Waals surface area contributed by atoms with Gasteiger partial charge in [-0.15, -0.1) is 22.7 Å². The van der Waals surface area contributed by atoms with E-state index in [1.165, 1.54) is 27.8 Å². The lowest BCUT2D eigenvalue weighted by molar-refractivity contribution is -0.0779. The number of aliphatic hydroxyl groups excluding tert-OH is 2. The van der Waals surface area contributed by atoms with E-state index >= 15 is 0 Å². The Morgan fingerprint density at radius 3 is 1.72 bits per heavy atom. The average molecular weight is 1020 g/mol. The molecule has 26 heteroatoms.